The van der Waals surface area contributed by atoms with E-state index in [-0.39, 0.29) is 11.8 Å². The molecule has 1 aromatic rings. The Balaban J connectivity index is 1.50. The Morgan fingerprint density at radius 3 is 2.50 bits per heavy atom. The predicted octanol–water partition coefficient (Wildman–Crippen LogP) is 2.12. The van der Waals surface area contributed by atoms with Gasteiger partial charge in [0.25, 0.3) is 5.91 Å². The molecule has 6 heteroatoms. The maximum Gasteiger partial charge on any atom is 0.254 e. The lowest BCUT2D eigenvalue weighted by Gasteiger charge is -2.28. The average Bonchev–Trinajstić information content (AvgIpc) is 2.69. The minimum Gasteiger partial charge on any atom is -0.378 e. The molecule has 0 aliphatic carbocycles. The molecule has 26 heavy (non-hydrogen) atoms. The fourth-order valence-corrected chi connectivity index (χ4v) is 3.73. The number of anilines is 1. The monoisotopic (exact) mass is 359 g/mol. The molecule has 6 nitrogen and oxygen atoms in total. The van der Waals surface area contributed by atoms with Gasteiger partial charge in [-0.15, -0.1) is 0 Å². The third-order valence-corrected chi connectivity index (χ3v) is 5.41. The number of piperidine rings is 1. The molecule has 2 aliphatic heterocycles. The van der Waals surface area contributed by atoms with E-state index < -0.39 is 0 Å². The van der Waals surface area contributed by atoms with Gasteiger partial charge >= 0.3 is 0 Å². The van der Waals surface area contributed by atoms with Crippen LogP contribution >= 0.6 is 0 Å². The fraction of sp³-hybridized carbons (Fsp3) is 0.600. The predicted molar refractivity (Wildman–Crippen MR) is 101 cm³/mol. The van der Waals surface area contributed by atoms with Crippen LogP contribution in [-0.4, -0.2) is 56.1 Å². The van der Waals surface area contributed by atoms with Crippen molar-refractivity contribution in [3.05, 3.63) is 29.8 Å². The highest BCUT2D eigenvalue weighted by Gasteiger charge is 2.22. The second-order valence-corrected chi connectivity index (χ2v) is 7.30. The van der Waals surface area contributed by atoms with E-state index in [4.69, 9.17) is 4.74 Å². The third kappa shape index (κ3) is 5.05. The van der Waals surface area contributed by atoms with Crippen molar-refractivity contribution in [1.29, 1.82) is 0 Å². The van der Waals surface area contributed by atoms with E-state index >= 15 is 0 Å². The molecule has 2 N–H and O–H groups in total. The van der Waals surface area contributed by atoms with Crippen LogP contribution in [0.1, 0.15) is 36.5 Å². The topological polar surface area (TPSA) is 70.7 Å². The SMILES string of the molecule is CC(CC(=O)Nc1ccc(C(=O)N2CCOCC2)cc1)C1CCNCC1. The summed E-state index contributed by atoms with van der Waals surface area (Å²) in [6, 6.07) is 7.18. The van der Waals surface area contributed by atoms with Crippen LogP contribution in [0, 0.1) is 11.8 Å². The van der Waals surface area contributed by atoms with Gasteiger partial charge in [-0.1, -0.05) is 6.92 Å². The highest BCUT2D eigenvalue weighted by atomic mass is 16.5. The molecular formula is C20H29N3O3. The van der Waals surface area contributed by atoms with Crippen molar-refractivity contribution in [2.75, 3.05) is 44.7 Å². The quantitative estimate of drug-likeness (QED) is 0.845. The number of benzene rings is 1. The van der Waals surface area contributed by atoms with Gasteiger partial charge in [0.15, 0.2) is 0 Å². The van der Waals surface area contributed by atoms with Gasteiger partial charge in [0, 0.05) is 30.8 Å². The standard InChI is InChI=1S/C20H29N3O3/c1-15(16-6-8-21-9-7-16)14-19(24)22-18-4-2-17(3-5-18)20(25)23-10-12-26-13-11-23/h2-5,15-16,21H,6-14H2,1H3,(H,22,24). The summed E-state index contributed by atoms with van der Waals surface area (Å²) < 4.78 is 5.28. The van der Waals surface area contributed by atoms with Crippen molar-refractivity contribution in [1.82, 2.24) is 10.2 Å². The molecule has 2 heterocycles. The molecule has 1 atom stereocenters. The second kappa shape index (κ2) is 9.14. The molecule has 1 aromatic carbocycles. The van der Waals surface area contributed by atoms with E-state index in [9.17, 15) is 9.59 Å². The molecule has 1 unspecified atom stereocenters. The summed E-state index contributed by atoms with van der Waals surface area (Å²) in [6.07, 6.45) is 2.83. The first-order chi connectivity index (χ1) is 12.6. The van der Waals surface area contributed by atoms with Crippen molar-refractivity contribution in [2.45, 2.75) is 26.2 Å². The zero-order valence-electron chi connectivity index (χ0n) is 15.5. The molecule has 0 radical (unpaired) electrons. The minimum atomic E-state index is 0.0192. The number of nitrogens with one attached hydrogen (secondary N) is 2. The van der Waals surface area contributed by atoms with Gasteiger partial charge in [0.2, 0.25) is 5.91 Å². The molecule has 142 valence electrons. The molecule has 2 aliphatic rings. The van der Waals surface area contributed by atoms with E-state index in [1.165, 1.54) is 0 Å². The van der Waals surface area contributed by atoms with E-state index in [0.717, 1.165) is 31.6 Å². The summed E-state index contributed by atoms with van der Waals surface area (Å²) in [4.78, 5) is 26.6. The molecule has 0 aromatic heterocycles. The van der Waals surface area contributed by atoms with Gasteiger partial charge in [0.1, 0.15) is 0 Å². The Hall–Kier alpha value is -1.92. The van der Waals surface area contributed by atoms with Crippen molar-refractivity contribution < 1.29 is 14.3 Å². The number of ether oxygens (including phenoxy) is 1. The van der Waals surface area contributed by atoms with Crippen LogP contribution in [0.5, 0.6) is 0 Å². The van der Waals surface area contributed by atoms with Gasteiger partial charge in [-0.05, 0) is 62.0 Å². The smallest absolute Gasteiger partial charge is 0.254 e. The van der Waals surface area contributed by atoms with Crippen LogP contribution in [-0.2, 0) is 9.53 Å². The summed E-state index contributed by atoms with van der Waals surface area (Å²) in [5, 5.41) is 6.32. The lowest BCUT2D eigenvalue weighted by Crippen LogP contribution is -2.40. The molecule has 3 rings (SSSR count). The minimum absolute atomic E-state index is 0.0192. The first-order valence-electron chi connectivity index (χ1n) is 9.61. The molecule has 2 saturated heterocycles. The fourth-order valence-electron chi connectivity index (χ4n) is 3.73. The first kappa shape index (κ1) is 18.9. The Morgan fingerprint density at radius 1 is 1.19 bits per heavy atom. The molecular weight excluding hydrogens is 330 g/mol. The molecule has 0 saturated carbocycles. The van der Waals surface area contributed by atoms with Crippen LogP contribution in [0.3, 0.4) is 0 Å². The number of carbonyl (C=O) groups excluding carboxylic acids is 2. The highest BCUT2D eigenvalue weighted by Crippen LogP contribution is 2.24. The second-order valence-electron chi connectivity index (χ2n) is 7.30. The van der Waals surface area contributed by atoms with Crippen molar-refractivity contribution in [2.24, 2.45) is 11.8 Å². The van der Waals surface area contributed by atoms with Crippen molar-refractivity contribution in [3.63, 3.8) is 0 Å². The number of amides is 2. The number of rotatable bonds is 5. The number of morpholine rings is 1. The summed E-state index contributed by atoms with van der Waals surface area (Å²) >= 11 is 0. The Labute approximate surface area is 155 Å². The van der Waals surface area contributed by atoms with E-state index in [1.807, 2.05) is 0 Å². The zero-order chi connectivity index (χ0) is 18.4. The lowest BCUT2D eigenvalue weighted by molar-refractivity contribution is -0.117. The van der Waals surface area contributed by atoms with Gasteiger partial charge in [-0.3, -0.25) is 9.59 Å². The third-order valence-electron chi connectivity index (χ3n) is 5.41. The van der Waals surface area contributed by atoms with E-state index in [0.29, 0.717) is 50.1 Å². The maximum atomic E-state index is 12.4. The van der Waals surface area contributed by atoms with Gasteiger partial charge in [-0.25, -0.2) is 0 Å². The largest absolute Gasteiger partial charge is 0.378 e. The van der Waals surface area contributed by atoms with Gasteiger partial charge < -0.3 is 20.3 Å². The Kier molecular flexibility index (Phi) is 6.63. The van der Waals surface area contributed by atoms with Gasteiger partial charge in [-0.2, -0.15) is 0 Å². The van der Waals surface area contributed by atoms with E-state index in [2.05, 4.69) is 17.6 Å². The molecule has 2 amide bonds. The number of hydrogen-bond acceptors (Lipinski definition) is 4. The summed E-state index contributed by atoms with van der Waals surface area (Å²) in [7, 11) is 0. The lowest BCUT2D eigenvalue weighted by atomic mass is 9.84. The Bertz CT molecular complexity index is 605. The van der Waals surface area contributed by atoms with Crippen LogP contribution in [0.4, 0.5) is 5.69 Å². The van der Waals surface area contributed by atoms with E-state index in [1.54, 1.807) is 29.2 Å². The normalized spacial score (nSPS) is 19.8. The van der Waals surface area contributed by atoms with Crippen LogP contribution in [0.15, 0.2) is 24.3 Å². The maximum absolute atomic E-state index is 12.4. The highest BCUT2D eigenvalue weighted by molar-refractivity contribution is 5.95. The van der Waals surface area contributed by atoms with Crippen LogP contribution in [0.2, 0.25) is 0 Å². The number of nitrogens with zero attached hydrogens (tertiary/aromatic N) is 1. The van der Waals surface area contributed by atoms with Crippen LogP contribution in [0.25, 0.3) is 0 Å². The number of hydrogen-bond donors (Lipinski definition) is 2. The number of carbonyl (C=O) groups is 2. The molecule has 0 spiro atoms. The summed E-state index contributed by atoms with van der Waals surface area (Å²) in [6.45, 7) is 6.71. The molecule has 0 bridgehead atoms. The average molecular weight is 359 g/mol. The van der Waals surface area contributed by atoms with Gasteiger partial charge in [0.05, 0.1) is 13.2 Å². The first-order valence-corrected chi connectivity index (χ1v) is 9.61. The zero-order valence-corrected chi connectivity index (χ0v) is 15.5. The Morgan fingerprint density at radius 2 is 1.85 bits per heavy atom. The van der Waals surface area contributed by atoms with Crippen molar-refractivity contribution >= 4 is 17.5 Å². The van der Waals surface area contributed by atoms with Crippen LogP contribution < -0.4 is 10.6 Å². The summed E-state index contributed by atoms with van der Waals surface area (Å²) in [5.74, 6) is 1.07. The van der Waals surface area contributed by atoms with Crippen molar-refractivity contribution in [3.8, 4) is 0 Å². The summed E-state index contributed by atoms with van der Waals surface area (Å²) in [5.41, 5.74) is 1.39. The molecule has 2 fully saturated rings.